The highest BCUT2D eigenvalue weighted by molar-refractivity contribution is 8.05. The predicted octanol–water partition coefficient (Wildman–Crippen LogP) is 4.15. The number of halogens is 2. The normalized spacial score (nSPS) is 11.1. The zero-order valence-corrected chi connectivity index (χ0v) is 12.2. The second-order valence-electron chi connectivity index (χ2n) is 3.42. The van der Waals surface area contributed by atoms with Gasteiger partial charge in [-0.1, -0.05) is 18.2 Å². The summed E-state index contributed by atoms with van der Waals surface area (Å²) >= 11 is 10.7. The molecule has 0 bridgehead atoms. The average molecular weight is 311 g/mol. The Morgan fingerprint density at radius 3 is 2.61 bits per heavy atom. The Morgan fingerprint density at radius 2 is 2.00 bits per heavy atom. The monoisotopic (exact) mass is 310 g/mol. The van der Waals surface area contributed by atoms with E-state index in [-0.39, 0.29) is 12.4 Å². The number of esters is 1. The molecule has 0 saturated carbocycles. The summed E-state index contributed by atoms with van der Waals surface area (Å²) in [7, 11) is 0. The highest BCUT2D eigenvalue weighted by Crippen LogP contribution is 2.57. The van der Waals surface area contributed by atoms with Crippen LogP contribution in [0.5, 0.6) is 5.75 Å². The molecule has 0 radical (unpaired) electrons. The molecule has 7 heteroatoms. The molecule has 0 aliphatic heterocycles. The summed E-state index contributed by atoms with van der Waals surface area (Å²) in [5.74, 6) is 0.0161. The molecule has 0 aromatic heterocycles. The van der Waals surface area contributed by atoms with Gasteiger partial charge in [0.05, 0.1) is 6.61 Å². The van der Waals surface area contributed by atoms with Gasteiger partial charge in [-0.3, -0.25) is 4.79 Å². The molecule has 0 saturated heterocycles. The summed E-state index contributed by atoms with van der Waals surface area (Å²) < 4.78 is 21.0. The third kappa shape index (κ3) is 5.76. The van der Waals surface area contributed by atoms with Crippen LogP contribution < -0.4 is 4.52 Å². The maximum absolute atomic E-state index is 11.2. The van der Waals surface area contributed by atoms with E-state index in [1.807, 2.05) is 0 Å². The van der Waals surface area contributed by atoms with E-state index in [2.05, 4.69) is 0 Å². The van der Waals surface area contributed by atoms with Gasteiger partial charge in [0.2, 0.25) is 0 Å². The minimum absolute atomic E-state index is 0.211. The van der Waals surface area contributed by atoms with Gasteiger partial charge in [0, 0.05) is 28.9 Å². The molecule has 1 aromatic rings. The van der Waals surface area contributed by atoms with E-state index in [1.165, 1.54) is 0 Å². The number of ether oxygens (including phenoxy) is 1. The molecule has 1 aromatic carbocycles. The quantitative estimate of drug-likeness (QED) is 0.585. The Balaban J connectivity index is 2.70. The molecule has 0 N–H and O–H groups in total. The second kappa shape index (κ2) is 7.03. The number of para-hydroxylation sites is 1. The zero-order chi connectivity index (χ0) is 13.6. The van der Waals surface area contributed by atoms with Gasteiger partial charge >= 0.3 is 12.0 Å². The smallest absolute Gasteiger partial charge is 0.428 e. The molecule has 100 valence electrons. The molecule has 0 amide bonds. The van der Waals surface area contributed by atoms with Crippen molar-refractivity contribution in [3.63, 3.8) is 0 Å². The Bertz CT molecular complexity index is 458. The van der Waals surface area contributed by atoms with Gasteiger partial charge in [0.15, 0.2) is 0 Å². The lowest BCUT2D eigenvalue weighted by molar-refractivity contribution is -0.143. The van der Waals surface area contributed by atoms with Gasteiger partial charge in [-0.25, -0.2) is 4.57 Å². The molecule has 18 heavy (non-hydrogen) atoms. The van der Waals surface area contributed by atoms with Crippen LogP contribution in [0.25, 0.3) is 0 Å². The fourth-order valence-corrected chi connectivity index (χ4v) is 2.24. The van der Waals surface area contributed by atoms with Crippen molar-refractivity contribution in [2.75, 3.05) is 6.61 Å². The van der Waals surface area contributed by atoms with Crippen molar-refractivity contribution in [2.24, 2.45) is 0 Å². The van der Waals surface area contributed by atoms with Crippen LogP contribution in [0.4, 0.5) is 0 Å². The topological polar surface area (TPSA) is 52.6 Å². The van der Waals surface area contributed by atoms with Crippen LogP contribution in [0.15, 0.2) is 24.3 Å². The number of aryl methyl sites for hydroxylation is 1. The largest absolute Gasteiger partial charge is 0.466 e. The fourth-order valence-electron chi connectivity index (χ4n) is 1.38. The summed E-state index contributed by atoms with van der Waals surface area (Å²) in [6.45, 7) is 2.09. The van der Waals surface area contributed by atoms with E-state index in [9.17, 15) is 9.36 Å². The van der Waals surface area contributed by atoms with Gasteiger partial charge in [0.25, 0.3) is 0 Å². The first-order valence-corrected chi connectivity index (χ1v) is 8.78. The maximum Gasteiger partial charge on any atom is 0.428 e. The van der Waals surface area contributed by atoms with Crippen molar-refractivity contribution in [1.82, 2.24) is 0 Å². The van der Waals surface area contributed by atoms with Crippen molar-refractivity contribution in [3.8, 4) is 5.75 Å². The van der Waals surface area contributed by atoms with Crippen LogP contribution in [-0.2, 0) is 20.5 Å². The van der Waals surface area contributed by atoms with Gasteiger partial charge in [0.1, 0.15) is 5.75 Å². The molecule has 0 fully saturated rings. The lowest BCUT2D eigenvalue weighted by Crippen LogP contribution is -2.05. The number of hydrogen-bond acceptors (Lipinski definition) is 4. The van der Waals surface area contributed by atoms with E-state index >= 15 is 0 Å². The Hall–Kier alpha value is -0.700. The summed E-state index contributed by atoms with van der Waals surface area (Å²) in [4.78, 5) is 11.2. The summed E-state index contributed by atoms with van der Waals surface area (Å²) in [5, 5.41) is 0. The van der Waals surface area contributed by atoms with Crippen LogP contribution in [0, 0.1) is 0 Å². The standard InChI is InChI=1S/C11H13Cl2O4P/c1-2-16-11(14)8-7-9-5-3-4-6-10(9)17-18(12,13)15/h3-6H,2,7-8H2,1H3. The molecule has 0 aliphatic carbocycles. The molecule has 0 spiro atoms. The summed E-state index contributed by atoms with van der Waals surface area (Å²) in [6.07, 6.45) is -3.03. The molecule has 4 nitrogen and oxygen atoms in total. The van der Waals surface area contributed by atoms with Crippen LogP contribution in [0.1, 0.15) is 18.9 Å². The Kier molecular flexibility index (Phi) is 6.00. The van der Waals surface area contributed by atoms with Crippen LogP contribution in [0.3, 0.4) is 0 Å². The molecular formula is C11H13Cl2O4P. The molecule has 0 atom stereocenters. The van der Waals surface area contributed by atoms with E-state index in [4.69, 9.17) is 31.7 Å². The van der Waals surface area contributed by atoms with Crippen LogP contribution in [0.2, 0.25) is 0 Å². The molecule has 0 aliphatic rings. The zero-order valence-electron chi connectivity index (χ0n) is 9.77. The first kappa shape index (κ1) is 15.4. The molecule has 0 heterocycles. The van der Waals surface area contributed by atoms with Gasteiger partial charge < -0.3 is 9.26 Å². The third-order valence-corrected chi connectivity index (χ3v) is 2.90. The van der Waals surface area contributed by atoms with Crippen LogP contribution >= 0.6 is 28.6 Å². The number of hydrogen-bond donors (Lipinski definition) is 0. The Morgan fingerprint density at radius 1 is 1.33 bits per heavy atom. The van der Waals surface area contributed by atoms with E-state index in [0.717, 1.165) is 0 Å². The summed E-state index contributed by atoms with van der Waals surface area (Å²) in [5.41, 5.74) is 0.701. The molecular weight excluding hydrogens is 298 g/mol. The molecule has 1 rings (SSSR count). The molecule has 0 unspecified atom stereocenters. The first-order chi connectivity index (χ1) is 8.42. The second-order valence-corrected chi connectivity index (χ2v) is 7.62. The average Bonchev–Trinajstić information content (AvgIpc) is 2.26. The van der Waals surface area contributed by atoms with E-state index in [0.29, 0.717) is 24.3 Å². The van der Waals surface area contributed by atoms with Crippen molar-refractivity contribution in [1.29, 1.82) is 0 Å². The summed E-state index contributed by atoms with van der Waals surface area (Å²) in [6, 6.07) is 6.82. The minimum atomic E-state index is -3.65. The maximum atomic E-state index is 11.2. The van der Waals surface area contributed by atoms with Crippen molar-refractivity contribution in [3.05, 3.63) is 29.8 Å². The van der Waals surface area contributed by atoms with Crippen LogP contribution in [-0.4, -0.2) is 12.6 Å². The van der Waals surface area contributed by atoms with E-state index in [1.54, 1.807) is 31.2 Å². The van der Waals surface area contributed by atoms with Gasteiger partial charge in [-0.15, -0.1) is 0 Å². The number of carbonyl (C=O) groups excluding carboxylic acids is 1. The SMILES string of the molecule is CCOC(=O)CCc1ccccc1OP(=O)(Cl)Cl. The van der Waals surface area contributed by atoms with Gasteiger partial charge in [-0.05, 0) is 25.0 Å². The fraction of sp³-hybridized carbons (Fsp3) is 0.364. The van der Waals surface area contributed by atoms with Gasteiger partial charge in [-0.2, -0.15) is 0 Å². The van der Waals surface area contributed by atoms with Crippen molar-refractivity contribution < 1.29 is 18.6 Å². The minimum Gasteiger partial charge on any atom is -0.466 e. The number of rotatable bonds is 6. The highest BCUT2D eigenvalue weighted by Gasteiger charge is 2.18. The first-order valence-electron chi connectivity index (χ1n) is 5.35. The predicted molar refractivity (Wildman–Crippen MR) is 71.3 cm³/mol. The lowest BCUT2D eigenvalue weighted by Gasteiger charge is -2.11. The number of carbonyl (C=O) groups is 1. The number of benzene rings is 1. The van der Waals surface area contributed by atoms with E-state index < -0.39 is 6.07 Å². The van der Waals surface area contributed by atoms with Crippen molar-refractivity contribution >= 4 is 34.5 Å². The third-order valence-electron chi connectivity index (χ3n) is 2.08. The lowest BCUT2D eigenvalue weighted by atomic mass is 10.1. The van der Waals surface area contributed by atoms with Crippen molar-refractivity contribution in [2.45, 2.75) is 19.8 Å². The highest BCUT2D eigenvalue weighted by atomic mass is 35.9. The Labute approximate surface area is 115 Å².